The number of nitrogens with zero attached hydrogens (tertiary/aromatic N) is 1. The lowest BCUT2D eigenvalue weighted by molar-refractivity contribution is -0.137. The van der Waals surface area contributed by atoms with Gasteiger partial charge >= 0.3 is 5.97 Å². The second-order valence-corrected chi connectivity index (χ2v) is 6.30. The number of hydrogen-bond donors (Lipinski definition) is 1. The van der Waals surface area contributed by atoms with E-state index in [1.165, 1.54) is 0 Å². The lowest BCUT2D eigenvalue weighted by Gasteiger charge is -2.07. The Bertz CT molecular complexity index is 883. The van der Waals surface area contributed by atoms with Crippen LogP contribution in [-0.2, 0) is 17.9 Å². The van der Waals surface area contributed by atoms with Crippen molar-refractivity contribution in [3.63, 3.8) is 0 Å². The number of fused-ring (bicyclic) bond motifs is 3. The summed E-state index contributed by atoms with van der Waals surface area (Å²) in [4.78, 5) is 11.0. The Morgan fingerprint density at radius 3 is 2.79 bits per heavy atom. The standard InChI is InChI=1S/C20H19NO3/c22-20(23)12-15-8-9-21-18-7-6-17(10-16(18)11-19(15)21)24-13-14-4-2-1-3-5-14/h1-7,10-11,15H,8-9,12-13H2,(H,22,23). The highest BCUT2D eigenvalue weighted by molar-refractivity contribution is 5.83. The molecule has 4 heteroatoms. The second-order valence-electron chi connectivity index (χ2n) is 6.30. The van der Waals surface area contributed by atoms with Gasteiger partial charge in [0.2, 0.25) is 0 Å². The molecule has 2 heterocycles. The van der Waals surface area contributed by atoms with Gasteiger partial charge in [0.05, 0.1) is 6.42 Å². The Kier molecular flexibility index (Phi) is 3.73. The van der Waals surface area contributed by atoms with E-state index in [9.17, 15) is 4.79 Å². The topological polar surface area (TPSA) is 51.5 Å². The maximum atomic E-state index is 11.0. The van der Waals surface area contributed by atoms with Gasteiger partial charge in [-0.1, -0.05) is 30.3 Å². The van der Waals surface area contributed by atoms with Gasteiger partial charge in [-0.3, -0.25) is 4.79 Å². The van der Waals surface area contributed by atoms with Crippen LogP contribution in [0.3, 0.4) is 0 Å². The molecule has 0 radical (unpaired) electrons. The van der Waals surface area contributed by atoms with Crippen molar-refractivity contribution in [3.8, 4) is 5.75 Å². The van der Waals surface area contributed by atoms with Gasteiger partial charge in [0.25, 0.3) is 0 Å². The van der Waals surface area contributed by atoms with Crippen molar-refractivity contribution < 1.29 is 14.6 Å². The molecule has 0 saturated carbocycles. The molecule has 0 fully saturated rings. The summed E-state index contributed by atoms with van der Waals surface area (Å²) >= 11 is 0. The molecule has 0 bridgehead atoms. The summed E-state index contributed by atoms with van der Waals surface area (Å²) < 4.78 is 8.13. The van der Waals surface area contributed by atoms with Crippen LogP contribution in [0.1, 0.15) is 30.0 Å². The molecular weight excluding hydrogens is 302 g/mol. The molecule has 1 aliphatic heterocycles. The SMILES string of the molecule is O=C(O)CC1CCn2c1cc1cc(OCc3ccccc3)ccc12. The molecule has 1 N–H and O–H groups in total. The van der Waals surface area contributed by atoms with Gasteiger partial charge in [0.15, 0.2) is 0 Å². The minimum atomic E-state index is -0.731. The molecule has 0 aliphatic carbocycles. The number of carboxylic acid groups (broad SMARTS) is 1. The molecule has 1 atom stereocenters. The number of carboxylic acids is 1. The van der Waals surface area contributed by atoms with Crippen LogP contribution >= 0.6 is 0 Å². The van der Waals surface area contributed by atoms with Crippen LogP contribution in [-0.4, -0.2) is 15.6 Å². The molecule has 0 amide bonds. The second kappa shape index (κ2) is 6.04. The van der Waals surface area contributed by atoms with Crippen LogP contribution in [0.15, 0.2) is 54.6 Å². The van der Waals surface area contributed by atoms with Crippen molar-refractivity contribution >= 4 is 16.9 Å². The molecule has 0 saturated heterocycles. The fourth-order valence-electron chi connectivity index (χ4n) is 3.54. The lowest BCUT2D eigenvalue weighted by Crippen LogP contribution is -2.02. The number of hydrogen-bond acceptors (Lipinski definition) is 2. The van der Waals surface area contributed by atoms with Crippen molar-refractivity contribution in [1.29, 1.82) is 0 Å². The molecule has 4 nitrogen and oxygen atoms in total. The predicted molar refractivity (Wildman–Crippen MR) is 92.3 cm³/mol. The summed E-state index contributed by atoms with van der Waals surface area (Å²) in [6.07, 6.45) is 1.11. The average Bonchev–Trinajstić information content (AvgIpc) is 3.13. The van der Waals surface area contributed by atoms with E-state index in [2.05, 4.69) is 16.7 Å². The largest absolute Gasteiger partial charge is 0.489 e. The summed E-state index contributed by atoms with van der Waals surface area (Å²) in [6, 6.07) is 18.3. The van der Waals surface area contributed by atoms with Crippen LogP contribution in [0.4, 0.5) is 0 Å². The van der Waals surface area contributed by atoms with E-state index < -0.39 is 5.97 Å². The van der Waals surface area contributed by atoms with E-state index in [1.807, 2.05) is 42.5 Å². The fourth-order valence-corrected chi connectivity index (χ4v) is 3.54. The van der Waals surface area contributed by atoms with E-state index in [1.54, 1.807) is 0 Å². The first-order chi connectivity index (χ1) is 11.7. The Hall–Kier alpha value is -2.75. The summed E-state index contributed by atoms with van der Waals surface area (Å²) in [6.45, 7) is 1.43. The van der Waals surface area contributed by atoms with E-state index in [0.29, 0.717) is 6.61 Å². The summed E-state index contributed by atoms with van der Waals surface area (Å²) in [7, 11) is 0. The van der Waals surface area contributed by atoms with Crippen LogP contribution < -0.4 is 4.74 Å². The number of rotatable bonds is 5. The van der Waals surface area contributed by atoms with E-state index in [-0.39, 0.29) is 12.3 Å². The number of carbonyl (C=O) groups is 1. The van der Waals surface area contributed by atoms with Crippen molar-refractivity contribution in [2.45, 2.75) is 31.9 Å². The zero-order chi connectivity index (χ0) is 16.5. The Morgan fingerprint density at radius 2 is 2.00 bits per heavy atom. The number of benzene rings is 2. The first-order valence-corrected chi connectivity index (χ1v) is 8.22. The fraction of sp³-hybridized carbons (Fsp3) is 0.250. The minimum Gasteiger partial charge on any atom is -0.489 e. The highest BCUT2D eigenvalue weighted by Crippen LogP contribution is 2.37. The van der Waals surface area contributed by atoms with E-state index in [4.69, 9.17) is 9.84 Å². The van der Waals surface area contributed by atoms with Gasteiger partial charge < -0.3 is 14.4 Å². The monoisotopic (exact) mass is 321 g/mol. The molecule has 1 aliphatic rings. The van der Waals surface area contributed by atoms with E-state index in [0.717, 1.165) is 40.9 Å². The maximum absolute atomic E-state index is 11.0. The number of ether oxygens (including phenoxy) is 1. The molecule has 2 aromatic carbocycles. The average molecular weight is 321 g/mol. The van der Waals surface area contributed by atoms with Gasteiger partial charge in [0, 0.05) is 29.1 Å². The molecule has 122 valence electrons. The van der Waals surface area contributed by atoms with Crippen molar-refractivity contribution in [3.05, 3.63) is 65.9 Å². The third kappa shape index (κ3) is 2.75. The molecular formula is C20H19NO3. The summed E-state index contributed by atoms with van der Waals surface area (Å²) in [5.74, 6) is 0.222. The maximum Gasteiger partial charge on any atom is 0.304 e. The number of aliphatic carboxylic acids is 1. The third-order valence-corrected chi connectivity index (χ3v) is 4.69. The van der Waals surface area contributed by atoms with Gasteiger partial charge in [-0.05, 0) is 36.2 Å². The lowest BCUT2D eigenvalue weighted by atomic mass is 10.0. The normalized spacial score (nSPS) is 16.2. The third-order valence-electron chi connectivity index (χ3n) is 4.69. The zero-order valence-corrected chi connectivity index (χ0v) is 13.3. The summed E-state index contributed by atoms with van der Waals surface area (Å²) in [5, 5.41) is 10.2. The van der Waals surface area contributed by atoms with Crippen molar-refractivity contribution in [1.82, 2.24) is 4.57 Å². The van der Waals surface area contributed by atoms with Crippen LogP contribution in [0.25, 0.3) is 10.9 Å². The van der Waals surface area contributed by atoms with Crippen molar-refractivity contribution in [2.75, 3.05) is 0 Å². The van der Waals surface area contributed by atoms with Crippen molar-refractivity contribution in [2.24, 2.45) is 0 Å². The number of aryl methyl sites for hydroxylation is 1. The van der Waals surface area contributed by atoms with E-state index >= 15 is 0 Å². The quantitative estimate of drug-likeness (QED) is 0.767. The van der Waals surface area contributed by atoms with Crippen LogP contribution in [0, 0.1) is 0 Å². The molecule has 0 spiro atoms. The summed E-state index contributed by atoms with van der Waals surface area (Å²) in [5.41, 5.74) is 3.43. The minimum absolute atomic E-state index is 0.114. The molecule has 1 unspecified atom stereocenters. The van der Waals surface area contributed by atoms with Gasteiger partial charge in [-0.15, -0.1) is 0 Å². The molecule has 3 aromatic rings. The Morgan fingerprint density at radius 1 is 1.17 bits per heavy atom. The van der Waals surface area contributed by atoms with Gasteiger partial charge in [-0.2, -0.15) is 0 Å². The predicted octanol–water partition coefficient (Wildman–Crippen LogP) is 4.18. The zero-order valence-electron chi connectivity index (χ0n) is 13.3. The molecule has 24 heavy (non-hydrogen) atoms. The molecule has 4 rings (SSSR count). The highest BCUT2D eigenvalue weighted by atomic mass is 16.5. The van der Waals surface area contributed by atoms with Gasteiger partial charge in [-0.25, -0.2) is 0 Å². The van der Waals surface area contributed by atoms with Crippen LogP contribution in [0.5, 0.6) is 5.75 Å². The number of aromatic nitrogens is 1. The molecule has 1 aromatic heterocycles. The van der Waals surface area contributed by atoms with Gasteiger partial charge in [0.1, 0.15) is 12.4 Å². The first-order valence-electron chi connectivity index (χ1n) is 8.22. The van der Waals surface area contributed by atoms with Crippen LogP contribution in [0.2, 0.25) is 0 Å². The highest BCUT2D eigenvalue weighted by Gasteiger charge is 2.26. The Balaban J connectivity index is 1.57. The Labute approximate surface area is 140 Å². The first kappa shape index (κ1) is 14.8. The smallest absolute Gasteiger partial charge is 0.304 e.